The van der Waals surface area contributed by atoms with Crippen molar-refractivity contribution < 1.29 is 4.74 Å². The second-order valence-corrected chi connectivity index (χ2v) is 4.20. The van der Waals surface area contributed by atoms with Gasteiger partial charge in [-0.15, -0.1) is 5.10 Å². The van der Waals surface area contributed by atoms with Gasteiger partial charge in [0, 0.05) is 32.1 Å². The Morgan fingerprint density at radius 1 is 1.50 bits per heavy atom. The Labute approximate surface area is 93.4 Å². The highest BCUT2D eigenvalue weighted by atomic mass is 16.5. The number of hydrogen-bond donors (Lipinski definition) is 1. The van der Waals surface area contributed by atoms with Crippen LogP contribution in [0, 0.1) is 5.92 Å². The lowest BCUT2D eigenvalue weighted by Gasteiger charge is -2.26. The first-order valence-corrected chi connectivity index (χ1v) is 5.46. The SMILES string of the molecule is Cn1nnc2cc(OCC3CNC3)ccc21. The molecule has 0 saturated carbocycles. The van der Waals surface area contributed by atoms with Crippen molar-refractivity contribution in [1.29, 1.82) is 0 Å². The van der Waals surface area contributed by atoms with Gasteiger partial charge in [0.2, 0.25) is 0 Å². The summed E-state index contributed by atoms with van der Waals surface area (Å²) in [6.07, 6.45) is 0. The monoisotopic (exact) mass is 218 g/mol. The molecule has 1 N–H and O–H groups in total. The zero-order chi connectivity index (χ0) is 11.0. The zero-order valence-corrected chi connectivity index (χ0v) is 9.18. The Hall–Kier alpha value is -1.62. The van der Waals surface area contributed by atoms with E-state index in [0.717, 1.165) is 36.5 Å². The van der Waals surface area contributed by atoms with Crippen LogP contribution in [0.15, 0.2) is 18.2 Å². The molecule has 3 rings (SSSR count). The van der Waals surface area contributed by atoms with Crippen LogP contribution in [0.3, 0.4) is 0 Å². The molecule has 0 aliphatic carbocycles. The molecule has 0 bridgehead atoms. The maximum atomic E-state index is 5.71. The van der Waals surface area contributed by atoms with Crippen LogP contribution in [0.25, 0.3) is 11.0 Å². The summed E-state index contributed by atoms with van der Waals surface area (Å²) in [5.74, 6) is 1.53. The van der Waals surface area contributed by atoms with E-state index in [2.05, 4.69) is 15.6 Å². The molecule has 2 heterocycles. The second kappa shape index (κ2) is 3.75. The van der Waals surface area contributed by atoms with Crippen LogP contribution in [0.2, 0.25) is 0 Å². The van der Waals surface area contributed by atoms with Crippen LogP contribution in [0.5, 0.6) is 5.75 Å². The molecule has 1 fully saturated rings. The Morgan fingerprint density at radius 2 is 2.38 bits per heavy atom. The maximum absolute atomic E-state index is 5.71. The summed E-state index contributed by atoms with van der Waals surface area (Å²) in [7, 11) is 1.88. The molecule has 0 atom stereocenters. The fraction of sp³-hybridized carbons (Fsp3) is 0.455. The molecule has 1 aromatic carbocycles. The second-order valence-electron chi connectivity index (χ2n) is 4.20. The van der Waals surface area contributed by atoms with E-state index in [-0.39, 0.29) is 0 Å². The lowest BCUT2D eigenvalue weighted by molar-refractivity contribution is 0.199. The van der Waals surface area contributed by atoms with Gasteiger partial charge in [-0.05, 0) is 12.1 Å². The van der Waals surface area contributed by atoms with Gasteiger partial charge in [0.15, 0.2) is 0 Å². The minimum absolute atomic E-state index is 0.651. The summed E-state index contributed by atoms with van der Waals surface area (Å²) in [4.78, 5) is 0. The van der Waals surface area contributed by atoms with Crippen molar-refractivity contribution in [3.8, 4) is 5.75 Å². The third kappa shape index (κ3) is 1.63. The number of rotatable bonds is 3. The molecule has 1 aliphatic heterocycles. The van der Waals surface area contributed by atoms with Gasteiger partial charge in [0.05, 0.1) is 12.1 Å². The number of ether oxygens (including phenoxy) is 1. The van der Waals surface area contributed by atoms with Crippen LogP contribution < -0.4 is 10.1 Å². The Balaban J connectivity index is 1.76. The van der Waals surface area contributed by atoms with Crippen LogP contribution in [-0.4, -0.2) is 34.7 Å². The van der Waals surface area contributed by atoms with Crippen LogP contribution in [0.4, 0.5) is 0 Å². The highest BCUT2D eigenvalue weighted by molar-refractivity contribution is 5.75. The molecule has 1 aliphatic rings. The Kier molecular flexibility index (Phi) is 2.25. The normalized spacial score (nSPS) is 16.3. The number of fused-ring (bicyclic) bond motifs is 1. The molecule has 1 saturated heterocycles. The lowest BCUT2D eigenvalue weighted by Crippen LogP contribution is -2.45. The minimum atomic E-state index is 0.651. The Morgan fingerprint density at radius 3 is 3.12 bits per heavy atom. The fourth-order valence-corrected chi connectivity index (χ4v) is 1.79. The van der Waals surface area contributed by atoms with Crippen molar-refractivity contribution in [1.82, 2.24) is 20.3 Å². The maximum Gasteiger partial charge on any atom is 0.121 e. The van der Waals surface area contributed by atoms with E-state index < -0.39 is 0 Å². The Bertz CT molecular complexity index is 504. The summed E-state index contributed by atoms with van der Waals surface area (Å²) in [6, 6.07) is 5.90. The lowest BCUT2D eigenvalue weighted by atomic mass is 10.1. The first-order valence-electron chi connectivity index (χ1n) is 5.46. The number of nitrogens with zero attached hydrogens (tertiary/aromatic N) is 3. The van der Waals surface area contributed by atoms with Gasteiger partial charge in [-0.2, -0.15) is 0 Å². The number of aromatic nitrogens is 3. The molecule has 0 spiro atoms. The molecule has 0 amide bonds. The quantitative estimate of drug-likeness (QED) is 0.818. The largest absolute Gasteiger partial charge is 0.493 e. The first-order chi connectivity index (χ1) is 7.83. The topological polar surface area (TPSA) is 52.0 Å². The van der Waals surface area contributed by atoms with E-state index in [1.54, 1.807) is 4.68 Å². The van der Waals surface area contributed by atoms with Crippen LogP contribution in [0.1, 0.15) is 0 Å². The number of benzene rings is 1. The third-order valence-corrected chi connectivity index (χ3v) is 2.93. The van der Waals surface area contributed by atoms with Gasteiger partial charge in [-0.25, -0.2) is 4.68 Å². The van der Waals surface area contributed by atoms with E-state index in [0.29, 0.717) is 5.92 Å². The van der Waals surface area contributed by atoms with Gasteiger partial charge in [0.25, 0.3) is 0 Å². The zero-order valence-electron chi connectivity index (χ0n) is 9.18. The molecule has 0 unspecified atom stereocenters. The van der Waals surface area contributed by atoms with E-state index in [9.17, 15) is 0 Å². The van der Waals surface area contributed by atoms with Gasteiger partial charge >= 0.3 is 0 Å². The molecule has 2 aromatic rings. The highest BCUT2D eigenvalue weighted by Crippen LogP contribution is 2.19. The van der Waals surface area contributed by atoms with E-state index in [4.69, 9.17) is 4.74 Å². The molecule has 5 nitrogen and oxygen atoms in total. The predicted molar refractivity (Wildman–Crippen MR) is 60.4 cm³/mol. The van der Waals surface area contributed by atoms with Crippen molar-refractivity contribution >= 4 is 11.0 Å². The number of nitrogens with one attached hydrogen (secondary N) is 1. The molecular weight excluding hydrogens is 204 g/mol. The van der Waals surface area contributed by atoms with Crippen molar-refractivity contribution in [2.24, 2.45) is 13.0 Å². The smallest absolute Gasteiger partial charge is 0.121 e. The van der Waals surface area contributed by atoms with Crippen molar-refractivity contribution in [2.75, 3.05) is 19.7 Å². The standard InChI is InChI=1S/C11H14N4O/c1-15-11-3-2-9(4-10(11)13-14-15)16-7-8-5-12-6-8/h2-4,8,12H,5-7H2,1H3. The number of hydrogen-bond acceptors (Lipinski definition) is 4. The molecule has 0 radical (unpaired) electrons. The van der Waals surface area contributed by atoms with Crippen LogP contribution >= 0.6 is 0 Å². The molecule has 1 aromatic heterocycles. The summed E-state index contributed by atoms with van der Waals surface area (Å²) in [6.45, 7) is 2.90. The van der Waals surface area contributed by atoms with Crippen molar-refractivity contribution in [3.63, 3.8) is 0 Å². The molecular formula is C11H14N4O. The van der Waals surface area contributed by atoms with Crippen LogP contribution in [-0.2, 0) is 7.05 Å². The number of aryl methyl sites for hydroxylation is 1. The van der Waals surface area contributed by atoms with Gasteiger partial charge in [-0.1, -0.05) is 5.21 Å². The summed E-state index contributed by atoms with van der Waals surface area (Å²) in [5, 5.41) is 11.2. The first kappa shape index (κ1) is 9.59. The molecule has 16 heavy (non-hydrogen) atoms. The van der Waals surface area contributed by atoms with Crippen molar-refractivity contribution in [2.45, 2.75) is 0 Å². The average Bonchev–Trinajstić information content (AvgIpc) is 2.58. The summed E-state index contributed by atoms with van der Waals surface area (Å²) < 4.78 is 7.47. The highest BCUT2D eigenvalue weighted by Gasteiger charge is 2.17. The summed E-state index contributed by atoms with van der Waals surface area (Å²) in [5.41, 5.74) is 1.91. The summed E-state index contributed by atoms with van der Waals surface area (Å²) >= 11 is 0. The molecule has 5 heteroatoms. The van der Waals surface area contributed by atoms with Crippen molar-refractivity contribution in [3.05, 3.63) is 18.2 Å². The van der Waals surface area contributed by atoms with Gasteiger partial charge < -0.3 is 10.1 Å². The minimum Gasteiger partial charge on any atom is -0.493 e. The van der Waals surface area contributed by atoms with E-state index >= 15 is 0 Å². The predicted octanol–water partition coefficient (Wildman–Crippen LogP) is 0.566. The average molecular weight is 218 g/mol. The van der Waals surface area contributed by atoms with Gasteiger partial charge in [-0.3, -0.25) is 0 Å². The fourth-order valence-electron chi connectivity index (χ4n) is 1.79. The third-order valence-electron chi connectivity index (χ3n) is 2.93. The van der Waals surface area contributed by atoms with E-state index in [1.165, 1.54) is 0 Å². The van der Waals surface area contributed by atoms with Gasteiger partial charge in [0.1, 0.15) is 11.3 Å². The molecule has 84 valence electrons. The van der Waals surface area contributed by atoms with E-state index in [1.807, 2.05) is 25.2 Å².